The zero-order valence-corrected chi connectivity index (χ0v) is 14.7. The molecule has 0 aromatic carbocycles. The maximum Gasteiger partial charge on any atom is 0.409 e. The fraction of sp³-hybridized carbons (Fsp3) is 0.389. The number of anilines is 1. The van der Waals surface area contributed by atoms with Gasteiger partial charge in [0.05, 0.1) is 31.3 Å². The van der Waals surface area contributed by atoms with Gasteiger partial charge in [0, 0.05) is 26.2 Å². The van der Waals surface area contributed by atoms with Crippen molar-refractivity contribution < 1.29 is 18.7 Å². The molecule has 1 saturated heterocycles. The Morgan fingerprint density at radius 2 is 1.96 bits per heavy atom. The van der Waals surface area contributed by atoms with Crippen molar-refractivity contribution in [3.8, 4) is 0 Å². The lowest BCUT2D eigenvalue weighted by Crippen LogP contribution is -2.50. The molecule has 0 atom stereocenters. The van der Waals surface area contributed by atoms with E-state index >= 15 is 0 Å². The molecule has 0 aliphatic carbocycles. The van der Waals surface area contributed by atoms with Gasteiger partial charge in [0.1, 0.15) is 11.5 Å². The molecule has 2 amide bonds. The SMILES string of the molecule is CCOC(=O)N1CCN(C(=O)c2ccc(NCc3ccco3)cn2)CC1. The number of hydrogen-bond donors (Lipinski definition) is 1. The van der Waals surface area contributed by atoms with Crippen LogP contribution in [0.3, 0.4) is 0 Å². The van der Waals surface area contributed by atoms with Gasteiger partial charge in [0.15, 0.2) is 0 Å². The molecule has 138 valence electrons. The second kappa shape index (κ2) is 8.37. The van der Waals surface area contributed by atoms with Crippen molar-refractivity contribution in [3.63, 3.8) is 0 Å². The minimum absolute atomic E-state index is 0.133. The molecule has 0 unspecified atom stereocenters. The number of pyridine rings is 1. The highest BCUT2D eigenvalue weighted by Crippen LogP contribution is 2.12. The van der Waals surface area contributed by atoms with Crippen molar-refractivity contribution in [1.29, 1.82) is 0 Å². The summed E-state index contributed by atoms with van der Waals surface area (Å²) in [4.78, 5) is 31.8. The Bertz CT molecular complexity index is 722. The second-order valence-electron chi connectivity index (χ2n) is 5.84. The third-order valence-corrected chi connectivity index (χ3v) is 4.12. The predicted molar refractivity (Wildman–Crippen MR) is 94.8 cm³/mol. The Hall–Kier alpha value is -3.03. The normalized spacial score (nSPS) is 14.2. The fourth-order valence-electron chi connectivity index (χ4n) is 2.70. The lowest BCUT2D eigenvalue weighted by atomic mass is 10.2. The van der Waals surface area contributed by atoms with E-state index in [0.717, 1.165) is 11.4 Å². The van der Waals surface area contributed by atoms with Crippen LogP contribution < -0.4 is 5.32 Å². The van der Waals surface area contributed by atoms with E-state index in [0.29, 0.717) is 45.0 Å². The number of piperazine rings is 1. The summed E-state index contributed by atoms with van der Waals surface area (Å²) < 4.78 is 10.2. The monoisotopic (exact) mass is 358 g/mol. The topological polar surface area (TPSA) is 87.9 Å². The van der Waals surface area contributed by atoms with Crippen molar-refractivity contribution >= 4 is 17.7 Å². The lowest BCUT2D eigenvalue weighted by Gasteiger charge is -2.33. The molecule has 8 nitrogen and oxygen atoms in total. The number of carbonyl (C=O) groups is 2. The fourth-order valence-corrected chi connectivity index (χ4v) is 2.70. The number of nitrogens with zero attached hydrogens (tertiary/aromatic N) is 3. The Morgan fingerprint density at radius 3 is 2.58 bits per heavy atom. The Morgan fingerprint density at radius 1 is 1.19 bits per heavy atom. The van der Waals surface area contributed by atoms with Gasteiger partial charge in [0.25, 0.3) is 5.91 Å². The minimum Gasteiger partial charge on any atom is -0.467 e. The van der Waals surface area contributed by atoms with E-state index in [4.69, 9.17) is 9.15 Å². The van der Waals surface area contributed by atoms with Crippen molar-refractivity contribution in [3.05, 3.63) is 48.2 Å². The maximum atomic E-state index is 12.6. The molecule has 3 heterocycles. The van der Waals surface area contributed by atoms with Crippen LogP contribution in [0.15, 0.2) is 41.1 Å². The number of carbonyl (C=O) groups excluding carboxylic acids is 2. The van der Waals surface area contributed by atoms with Crippen LogP contribution in [0.4, 0.5) is 10.5 Å². The van der Waals surface area contributed by atoms with Gasteiger partial charge in [0.2, 0.25) is 0 Å². The highest BCUT2D eigenvalue weighted by molar-refractivity contribution is 5.92. The van der Waals surface area contributed by atoms with E-state index in [-0.39, 0.29) is 12.0 Å². The molecule has 8 heteroatoms. The summed E-state index contributed by atoms with van der Waals surface area (Å²) in [6.07, 6.45) is 2.92. The van der Waals surface area contributed by atoms with Gasteiger partial charge in [-0.2, -0.15) is 0 Å². The van der Waals surface area contributed by atoms with Gasteiger partial charge in [-0.3, -0.25) is 4.79 Å². The van der Waals surface area contributed by atoms with Crippen molar-refractivity contribution in [2.45, 2.75) is 13.5 Å². The standard InChI is InChI=1S/C18H22N4O4/c1-2-25-18(24)22-9-7-21(8-10-22)17(23)16-6-5-14(12-20-16)19-13-15-4-3-11-26-15/h3-6,11-12,19H,2,7-10,13H2,1H3. The molecule has 1 fully saturated rings. The van der Waals surface area contributed by atoms with E-state index in [2.05, 4.69) is 10.3 Å². The summed E-state index contributed by atoms with van der Waals surface area (Å²) >= 11 is 0. The zero-order chi connectivity index (χ0) is 18.4. The summed E-state index contributed by atoms with van der Waals surface area (Å²) in [5.74, 6) is 0.690. The summed E-state index contributed by atoms with van der Waals surface area (Å²) in [5.41, 5.74) is 1.20. The molecule has 0 spiro atoms. The molecule has 26 heavy (non-hydrogen) atoms. The molecule has 1 aliphatic rings. The molecule has 0 saturated carbocycles. The average Bonchev–Trinajstić information content (AvgIpc) is 3.20. The second-order valence-corrected chi connectivity index (χ2v) is 5.84. The van der Waals surface area contributed by atoms with Crippen molar-refractivity contribution in [2.24, 2.45) is 0 Å². The van der Waals surface area contributed by atoms with Crippen LogP contribution in [-0.2, 0) is 11.3 Å². The highest BCUT2D eigenvalue weighted by Gasteiger charge is 2.25. The van der Waals surface area contributed by atoms with Gasteiger partial charge in [-0.05, 0) is 31.2 Å². The first-order valence-electron chi connectivity index (χ1n) is 8.60. The number of ether oxygens (including phenoxy) is 1. The molecule has 1 aliphatic heterocycles. The molecule has 1 N–H and O–H groups in total. The largest absolute Gasteiger partial charge is 0.467 e. The van der Waals surface area contributed by atoms with Crippen LogP contribution in [0, 0.1) is 0 Å². The van der Waals surface area contributed by atoms with E-state index in [9.17, 15) is 9.59 Å². The number of hydrogen-bond acceptors (Lipinski definition) is 6. The quantitative estimate of drug-likeness (QED) is 0.882. The smallest absolute Gasteiger partial charge is 0.409 e. The molecule has 0 radical (unpaired) electrons. The van der Waals surface area contributed by atoms with Crippen LogP contribution in [-0.4, -0.2) is 59.6 Å². The van der Waals surface area contributed by atoms with Gasteiger partial charge >= 0.3 is 6.09 Å². The summed E-state index contributed by atoms with van der Waals surface area (Å²) in [6.45, 7) is 4.55. The van der Waals surface area contributed by atoms with E-state index < -0.39 is 0 Å². The van der Waals surface area contributed by atoms with Crippen molar-refractivity contribution in [2.75, 3.05) is 38.1 Å². The van der Waals surface area contributed by atoms with Gasteiger partial charge in [-0.15, -0.1) is 0 Å². The first kappa shape index (κ1) is 17.8. The number of rotatable bonds is 5. The number of nitrogens with one attached hydrogen (secondary N) is 1. The van der Waals surface area contributed by atoms with Crippen molar-refractivity contribution in [1.82, 2.24) is 14.8 Å². The minimum atomic E-state index is -0.329. The molecule has 0 bridgehead atoms. The summed E-state index contributed by atoms with van der Waals surface area (Å²) in [6, 6.07) is 7.23. The predicted octanol–water partition coefficient (Wildman–Crippen LogP) is 2.20. The third kappa shape index (κ3) is 4.33. The third-order valence-electron chi connectivity index (χ3n) is 4.12. The Kier molecular flexibility index (Phi) is 5.73. The number of amides is 2. The first-order chi connectivity index (χ1) is 12.7. The zero-order valence-electron chi connectivity index (χ0n) is 14.7. The Labute approximate surface area is 151 Å². The van der Waals surface area contributed by atoms with E-state index in [1.165, 1.54) is 0 Å². The van der Waals surface area contributed by atoms with Crippen LogP contribution >= 0.6 is 0 Å². The lowest BCUT2D eigenvalue weighted by molar-refractivity contribution is 0.0566. The summed E-state index contributed by atoms with van der Waals surface area (Å²) in [5, 5.41) is 3.18. The number of aromatic nitrogens is 1. The van der Waals surface area contributed by atoms with E-state index in [1.807, 2.05) is 18.2 Å². The molecule has 2 aromatic rings. The molecule has 2 aromatic heterocycles. The van der Waals surface area contributed by atoms with Crippen LogP contribution in [0.1, 0.15) is 23.2 Å². The number of furan rings is 1. The van der Waals surface area contributed by atoms with Gasteiger partial charge in [-0.1, -0.05) is 0 Å². The summed E-state index contributed by atoms with van der Waals surface area (Å²) in [7, 11) is 0. The highest BCUT2D eigenvalue weighted by atomic mass is 16.6. The van der Waals surface area contributed by atoms with Crippen LogP contribution in [0.2, 0.25) is 0 Å². The van der Waals surface area contributed by atoms with Gasteiger partial charge in [-0.25, -0.2) is 9.78 Å². The Balaban J connectivity index is 1.51. The molecule has 3 rings (SSSR count). The molecular weight excluding hydrogens is 336 g/mol. The first-order valence-corrected chi connectivity index (χ1v) is 8.60. The van der Waals surface area contributed by atoms with Crippen LogP contribution in [0.25, 0.3) is 0 Å². The van der Waals surface area contributed by atoms with E-state index in [1.54, 1.807) is 35.2 Å². The van der Waals surface area contributed by atoms with Gasteiger partial charge < -0.3 is 24.3 Å². The molecular formula is C18H22N4O4. The average molecular weight is 358 g/mol. The maximum absolute atomic E-state index is 12.6. The van der Waals surface area contributed by atoms with Crippen LogP contribution in [0.5, 0.6) is 0 Å².